The fourth-order valence-corrected chi connectivity index (χ4v) is 3.27. The van der Waals surface area contributed by atoms with Gasteiger partial charge < -0.3 is 20.1 Å². The standard InChI is InChI=1S/C27H28N2O5/c1-3-33-27(32)34-24-15-10-22(11-16-24)26(31)28-18-20-8-13-23(14-9-20)29-25(30)17-12-21-7-5-4-6-19(21)2/h4-11,13-16H,3,12,17-18H2,1-2H3,(H,28,31)(H,29,30). The number of hydrogen-bond acceptors (Lipinski definition) is 5. The molecule has 0 radical (unpaired) electrons. The van der Waals surface area contributed by atoms with Gasteiger partial charge in [0.25, 0.3) is 5.91 Å². The van der Waals surface area contributed by atoms with E-state index in [1.165, 1.54) is 23.3 Å². The second kappa shape index (κ2) is 12.2. The van der Waals surface area contributed by atoms with Gasteiger partial charge in [-0.15, -0.1) is 0 Å². The van der Waals surface area contributed by atoms with Gasteiger partial charge in [0.15, 0.2) is 0 Å². The van der Waals surface area contributed by atoms with E-state index >= 15 is 0 Å². The van der Waals surface area contributed by atoms with Crippen molar-refractivity contribution in [1.29, 1.82) is 0 Å². The Morgan fingerprint density at radius 3 is 2.26 bits per heavy atom. The van der Waals surface area contributed by atoms with Gasteiger partial charge in [-0.05, 0) is 73.4 Å². The largest absolute Gasteiger partial charge is 0.513 e. The van der Waals surface area contributed by atoms with Gasteiger partial charge in [0.2, 0.25) is 5.91 Å². The SMILES string of the molecule is CCOC(=O)Oc1ccc(C(=O)NCc2ccc(NC(=O)CCc3ccccc3C)cc2)cc1. The van der Waals surface area contributed by atoms with Crippen LogP contribution in [0.4, 0.5) is 10.5 Å². The molecule has 0 saturated carbocycles. The number of carbonyl (C=O) groups is 3. The van der Waals surface area contributed by atoms with Crippen molar-refractivity contribution >= 4 is 23.7 Å². The monoisotopic (exact) mass is 460 g/mol. The molecule has 0 bridgehead atoms. The second-order valence-corrected chi connectivity index (χ2v) is 7.66. The van der Waals surface area contributed by atoms with Crippen LogP contribution < -0.4 is 15.4 Å². The summed E-state index contributed by atoms with van der Waals surface area (Å²) in [5, 5.41) is 5.75. The lowest BCUT2D eigenvalue weighted by Gasteiger charge is -2.09. The van der Waals surface area contributed by atoms with Crippen LogP contribution in [0.1, 0.15) is 40.4 Å². The van der Waals surface area contributed by atoms with Crippen molar-refractivity contribution < 1.29 is 23.9 Å². The summed E-state index contributed by atoms with van der Waals surface area (Å²) in [7, 11) is 0. The first-order chi connectivity index (χ1) is 16.4. The molecule has 176 valence electrons. The van der Waals surface area contributed by atoms with Gasteiger partial charge in [-0.1, -0.05) is 36.4 Å². The quantitative estimate of drug-likeness (QED) is 0.345. The van der Waals surface area contributed by atoms with Gasteiger partial charge in [0.05, 0.1) is 6.61 Å². The van der Waals surface area contributed by atoms with Crippen molar-refractivity contribution in [1.82, 2.24) is 5.32 Å². The summed E-state index contributed by atoms with van der Waals surface area (Å²) in [4.78, 5) is 36.0. The summed E-state index contributed by atoms with van der Waals surface area (Å²) in [6.07, 6.45) is 0.316. The topological polar surface area (TPSA) is 93.7 Å². The molecule has 0 aliphatic heterocycles. The average Bonchev–Trinajstić information content (AvgIpc) is 2.83. The first kappa shape index (κ1) is 24.5. The van der Waals surface area contributed by atoms with Crippen LogP contribution in [0, 0.1) is 6.92 Å². The van der Waals surface area contributed by atoms with Gasteiger partial charge >= 0.3 is 6.16 Å². The molecule has 0 atom stereocenters. The van der Waals surface area contributed by atoms with Gasteiger partial charge in [0, 0.05) is 24.2 Å². The van der Waals surface area contributed by atoms with E-state index in [1.807, 2.05) is 55.5 Å². The van der Waals surface area contributed by atoms with Crippen molar-refractivity contribution in [2.45, 2.75) is 33.2 Å². The van der Waals surface area contributed by atoms with Crippen LogP contribution in [0.3, 0.4) is 0 Å². The van der Waals surface area contributed by atoms with Gasteiger partial charge in [-0.2, -0.15) is 0 Å². The summed E-state index contributed by atoms with van der Waals surface area (Å²) in [5.41, 5.74) is 4.40. The minimum absolute atomic E-state index is 0.0420. The number of anilines is 1. The first-order valence-electron chi connectivity index (χ1n) is 11.1. The molecule has 0 heterocycles. The molecule has 0 saturated heterocycles. The zero-order valence-corrected chi connectivity index (χ0v) is 19.3. The maximum absolute atomic E-state index is 12.4. The number of rotatable bonds is 9. The van der Waals surface area contributed by atoms with Crippen LogP contribution in [0.5, 0.6) is 5.75 Å². The molecule has 3 aromatic rings. The maximum atomic E-state index is 12.4. The number of aryl methyl sites for hydroxylation is 2. The summed E-state index contributed by atoms with van der Waals surface area (Å²) in [5.74, 6) is 0.00231. The highest BCUT2D eigenvalue weighted by Gasteiger charge is 2.09. The zero-order chi connectivity index (χ0) is 24.3. The lowest BCUT2D eigenvalue weighted by atomic mass is 10.0. The Labute approximate surface area is 199 Å². The molecule has 0 aliphatic rings. The highest BCUT2D eigenvalue weighted by molar-refractivity contribution is 5.94. The van der Waals surface area contributed by atoms with Crippen molar-refractivity contribution in [3.05, 3.63) is 95.1 Å². The van der Waals surface area contributed by atoms with E-state index in [0.717, 1.165) is 5.56 Å². The Morgan fingerprint density at radius 1 is 0.882 bits per heavy atom. The predicted molar refractivity (Wildman–Crippen MR) is 130 cm³/mol. The molecular weight excluding hydrogens is 432 g/mol. The van der Waals surface area contributed by atoms with E-state index in [2.05, 4.69) is 10.6 Å². The lowest BCUT2D eigenvalue weighted by Crippen LogP contribution is -2.22. The summed E-state index contributed by atoms with van der Waals surface area (Å²) >= 11 is 0. The molecule has 34 heavy (non-hydrogen) atoms. The van der Waals surface area contributed by atoms with Crippen molar-refractivity contribution in [3.8, 4) is 5.75 Å². The summed E-state index contributed by atoms with van der Waals surface area (Å²) < 4.78 is 9.69. The Kier molecular flexibility index (Phi) is 8.80. The molecule has 3 aromatic carbocycles. The number of benzene rings is 3. The number of ether oxygens (including phenoxy) is 2. The van der Waals surface area contributed by atoms with E-state index in [0.29, 0.717) is 36.4 Å². The van der Waals surface area contributed by atoms with E-state index in [1.54, 1.807) is 19.1 Å². The molecule has 0 fully saturated rings. The molecule has 2 amide bonds. The third kappa shape index (κ3) is 7.48. The summed E-state index contributed by atoms with van der Waals surface area (Å²) in [6, 6.07) is 21.6. The van der Waals surface area contributed by atoms with E-state index in [4.69, 9.17) is 9.47 Å². The van der Waals surface area contributed by atoms with Crippen LogP contribution >= 0.6 is 0 Å². The van der Waals surface area contributed by atoms with Gasteiger partial charge in [0.1, 0.15) is 5.75 Å². The molecule has 0 spiro atoms. The number of amides is 2. The number of nitrogens with one attached hydrogen (secondary N) is 2. The fraction of sp³-hybridized carbons (Fsp3) is 0.222. The lowest BCUT2D eigenvalue weighted by molar-refractivity contribution is -0.116. The van der Waals surface area contributed by atoms with Crippen LogP contribution in [0.2, 0.25) is 0 Å². The molecule has 0 aliphatic carbocycles. The molecule has 3 rings (SSSR count). The molecule has 0 unspecified atom stereocenters. The summed E-state index contributed by atoms with van der Waals surface area (Å²) in [6.45, 7) is 4.29. The Bertz CT molecular complexity index is 1120. The first-order valence-corrected chi connectivity index (χ1v) is 11.1. The Morgan fingerprint density at radius 2 is 1.59 bits per heavy atom. The third-order valence-electron chi connectivity index (χ3n) is 5.15. The normalized spacial score (nSPS) is 10.3. The minimum Gasteiger partial charge on any atom is -0.434 e. The van der Waals surface area contributed by atoms with Crippen LogP contribution in [0.25, 0.3) is 0 Å². The third-order valence-corrected chi connectivity index (χ3v) is 5.15. The Hall–Kier alpha value is -4.13. The highest BCUT2D eigenvalue weighted by atomic mass is 16.7. The maximum Gasteiger partial charge on any atom is 0.513 e. The molecule has 7 heteroatoms. The molecule has 7 nitrogen and oxygen atoms in total. The van der Waals surface area contributed by atoms with Crippen molar-refractivity contribution in [2.24, 2.45) is 0 Å². The molecule has 2 N–H and O–H groups in total. The number of carbonyl (C=O) groups excluding carboxylic acids is 3. The van der Waals surface area contributed by atoms with E-state index in [-0.39, 0.29) is 18.4 Å². The molecule has 0 aromatic heterocycles. The average molecular weight is 461 g/mol. The van der Waals surface area contributed by atoms with Crippen molar-refractivity contribution in [3.63, 3.8) is 0 Å². The second-order valence-electron chi connectivity index (χ2n) is 7.66. The highest BCUT2D eigenvalue weighted by Crippen LogP contribution is 2.15. The smallest absolute Gasteiger partial charge is 0.434 e. The van der Waals surface area contributed by atoms with E-state index in [9.17, 15) is 14.4 Å². The van der Waals surface area contributed by atoms with E-state index < -0.39 is 6.16 Å². The molecular formula is C27H28N2O5. The minimum atomic E-state index is -0.786. The van der Waals surface area contributed by atoms with Crippen molar-refractivity contribution in [2.75, 3.05) is 11.9 Å². The zero-order valence-electron chi connectivity index (χ0n) is 19.3. The number of hydrogen-bond donors (Lipinski definition) is 2. The van der Waals surface area contributed by atoms with Crippen LogP contribution in [-0.2, 0) is 22.5 Å². The Balaban J connectivity index is 1.44. The van der Waals surface area contributed by atoms with Crippen LogP contribution in [0.15, 0.2) is 72.8 Å². The van der Waals surface area contributed by atoms with Gasteiger partial charge in [-0.3, -0.25) is 9.59 Å². The fourth-order valence-electron chi connectivity index (χ4n) is 3.27. The van der Waals surface area contributed by atoms with Crippen LogP contribution in [-0.4, -0.2) is 24.6 Å². The predicted octanol–water partition coefficient (Wildman–Crippen LogP) is 5.03. The van der Waals surface area contributed by atoms with Gasteiger partial charge in [-0.25, -0.2) is 4.79 Å².